The molecule has 0 spiro atoms. The third kappa shape index (κ3) is 6.15. The van der Waals surface area contributed by atoms with Crippen LogP contribution in [0, 0.1) is 11.8 Å². The van der Waals surface area contributed by atoms with Gasteiger partial charge in [0.25, 0.3) is 0 Å². The second-order valence-electron chi connectivity index (χ2n) is 5.90. The Morgan fingerprint density at radius 3 is 2.62 bits per heavy atom. The molecule has 0 aliphatic heterocycles. The van der Waals surface area contributed by atoms with Crippen molar-refractivity contribution in [3.63, 3.8) is 0 Å². The summed E-state index contributed by atoms with van der Waals surface area (Å²) in [6.07, 6.45) is 5.83. The highest BCUT2D eigenvalue weighted by molar-refractivity contribution is 7.99. The average molecular weight is 243 g/mol. The molecule has 1 saturated carbocycles. The van der Waals surface area contributed by atoms with Gasteiger partial charge in [-0.25, -0.2) is 0 Å². The molecule has 2 heteroatoms. The van der Waals surface area contributed by atoms with Gasteiger partial charge in [0.15, 0.2) is 0 Å². The zero-order chi connectivity index (χ0) is 12.0. The molecule has 0 bridgehead atoms. The fourth-order valence-electron chi connectivity index (χ4n) is 2.33. The molecule has 0 saturated heterocycles. The normalized spacial score (nSPS) is 28.3. The first kappa shape index (κ1) is 14.4. The molecular formula is C14H29NS. The summed E-state index contributed by atoms with van der Waals surface area (Å²) in [4.78, 5) is 0. The van der Waals surface area contributed by atoms with Gasteiger partial charge in [-0.15, -0.1) is 0 Å². The van der Waals surface area contributed by atoms with E-state index in [4.69, 9.17) is 0 Å². The van der Waals surface area contributed by atoms with Gasteiger partial charge in [0.2, 0.25) is 0 Å². The van der Waals surface area contributed by atoms with E-state index in [2.05, 4.69) is 44.8 Å². The first-order chi connectivity index (χ1) is 7.58. The van der Waals surface area contributed by atoms with Crippen LogP contribution in [0.5, 0.6) is 0 Å². The van der Waals surface area contributed by atoms with Crippen LogP contribution in [0.15, 0.2) is 0 Å². The minimum absolute atomic E-state index is 0.627. The largest absolute Gasteiger partial charge is 0.314 e. The minimum Gasteiger partial charge on any atom is -0.314 e. The Morgan fingerprint density at radius 1 is 1.25 bits per heavy atom. The Balaban J connectivity index is 2.08. The highest BCUT2D eigenvalue weighted by Crippen LogP contribution is 2.32. The van der Waals surface area contributed by atoms with Crippen molar-refractivity contribution in [2.75, 3.05) is 12.3 Å². The molecule has 3 unspecified atom stereocenters. The number of rotatable bonds is 6. The van der Waals surface area contributed by atoms with E-state index >= 15 is 0 Å². The van der Waals surface area contributed by atoms with Crippen LogP contribution in [0.4, 0.5) is 0 Å². The third-order valence-corrected chi connectivity index (χ3v) is 5.04. The Morgan fingerprint density at radius 2 is 2.00 bits per heavy atom. The summed E-state index contributed by atoms with van der Waals surface area (Å²) in [6, 6.07) is 0.627. The van der Waals surface area contributed by atoms with Crippen molar-refractivity contribution in [1.82, 2.24) is 5.32 Å². The van der Waals surface area contributed by atoms with Crippen LogP contribution in [0.2, 0.25) is 0 Å². The van der Waals surface area contributed by atoms with Crippen LogP contribution >= 0.6 is 11.8 Å². The predicted octanol–water partition coefficient (Wildman–Crippen LogP) is 3.93. The fourth-order valence-corrected chi connectivity index (χ4v) is 3.84. The van der Waals surface area contributed by atoms with Crippen LogP contribution in [-0.4, -0.2) is 23.6 Å². The third-order valence-electron chi connectivity index (χ3n) is 3.38. The van der Waals surface area contributed by atoms with Gasteiger partial charge in [-0.1, -0.05) is 40.5 Å². The molecule has 1 N–H and O–H groups in total. The molecule has 0 radical (unpaired) electrons. The number of hydrogen-bond acceptors (Lipinski definition) is 2. The molecule has 1 aliphatic carbocycles. The van der Waals surface area contributed by atoms with Gasteiger partial charge in [-0.2, -0.15) is 11.8 Å². The van der Waals surface area contributed by atoms with Crippen molar-refractivity contribution in [3.8, 4) is 0 Å². The molecule has 0 aromatic heterocycles. The lowest BCUT2D eigenvalue weighted by molar-refractivity contribution is 0.393. The monoisotopic (exact) mass is 243 g/mol. The number of hydrogen-bond donors (Lipinski definition) is 1. The van der Waals surface area contributed by atoms with Gasteiger partial charge >= 0.3 is 0 Å². The second kappa shape index (κ2) is 7.60. The lowest BCUT2D eigenvalue weighted by Gasteiger charge is -2.27. The molecule has 0 aromatic rings. The maximum absolute atomic E-state index is 3.53. The zero-order valence-corrected chi connectivity index (χ0v) is 12.3. The number of thioether (sulfide) groups is 1. The van der Waals surface area contributed by atoms with Gasteiger partial charge < -0.3 is 5.32 Å². The molecule has 96 valence electrons. The maximum Gasteiger partial charge on any atom is 0.00497 e. The standard InChI is InChI=1S/C14H29NS/c1-11(2)15-9-13(4)10-16-14-7-5-6-12(3)8-14/h11-15H,5-10H2,1-4H3. The number of nitrogens with one attached hydrogen (secondary N) is 1. The highest BCUT2D eigenvalue weighted by Gasteiger charge is 2.19. The van der Waals surface area contributed by atoms with E-state index in [-0.39, 0.29) is 0 Å². The van der Waals surface area contributed by atoms with Gasteiger partial charge in [0.1, 0.15) is 0 Å². The molecular weight excluding hydrogens is 214 g/mol. The van der Waals surface area contributed by atoms with Crippen molar-refractivity contribution in [1.29, 1.82) is 0 Å². The van der Waals surface area contributed by atoms with Gasteiger partial charge in [-0.3, -0.25) is 0 Å². The Bertz CT molecular complexity index is 182. The van der Waals surface area contributed by atoms with E-state index in [1.165, 1.54) is 38.0 Å². The first-order valence-electron chi connectivity index (χ1n) is 6.93. The van der Waals surface area contributed by atoms with Crippen LogP contribution in [-0.2, 0) is 0 Å². The van der Waals surface area contributed by atoms with Gasteiger partial charge in [-0.05, 0) is 37.0 Å². The molecule has 0 amide bonds. The van der Waals surface area contributed by atoms with Crippen LogP contribution in [0.25, 0.3) is 0 Å². The van der Waals surface area contributed by atoms with E-state index in [1.54, 1.807) is 0 Å². The molecule has 0 aromatic carbocycles. The lowest BCUT2D eigenvalue weighted by Crippen LogP contribution is -2.29. The van der Waals surface area contributed by atoms with E-state index in [0.717, 1.165) is 17.1 Å². The minimum atomic E-state index is 0.627. The van der Waals surface area contributed by atoms with E-state index in [0.29, 0.717) is 6.04 Å². The summed E-state index contributed by atoms with van der Waals surface area (Å²) in [5.41, 5.74) is 0. The summed E-state index contributed by atoms with van der Waals surface area (Å²) in [5.74, 6) is 3.11. The second-order valence-corrected chi connectivity index (χ2v) is 7.23. The molecule has 3 atom stereocenters. The van der Waals surface area contributed by atoms with Crippen LogP contribution in [0.3, 0.4) is 0 Å². The SMILES string of the molecule is CC(CNC(C)C)CSC1CCCC(C)C1. The molecule has 1 rings (SSSR count). The fraction of sp³-hybridized carbons (Fsp3) is 1.00. The average Bonchev–Trinajstić information content (AvgIpc) is 2.23. The summed E-state index contributed by atoms with van der Waals surface area (Å²) in [7, 11) is 0. The Kier molecular flexibility index (Phi) is 6.83. The highest BCUT2D eigenvalue weighted by atomic mass is 32.2. The van der Waals surface area contributed by atoms with Gasteiger partial charge in [0.05, 0.1) is 0 Å². The molecule has 1 fully saturated rings. The van der Waals surface area contributed by atoms with E-state index in [9.17, 15) is 0 Å². The molecule has 1 aliphatic rings. The van der Waals surface area contributed by atoms with E-state index < -0.39 is 0 Å². The smallest absolute Gasteiger partial charge is 0.00497 e. The van der Waals surface area contributed by atoms with Crippen LogP contribution in [0.1, 0.15) is 53.4 Å². The topological polar surface area (TPSA) is 12.0 Å². The summed E-state index contributed by atoms with van der Waals surface area (Å²) in [5, 5.41) is 4.48. The van der Waals surface area contributed by atoms with Crippen molar-refractivity contribution in [2.24, 2.45) is 11.8 Å². The zero-order valence-electron chi connectivity index (χ0n) is 11.5. The quantitative estimate of drug-likeness (QED) is 0.758. The Labute approximate surface area is 106 Å². The van der Waals surface area contributed by atoms with Crippen molar-refractivity contribution >= 4 is 11.8 Å². The molecule has 1 nitrogen and oxygen atoms in total. The lowest BCUT2D eigenvalue weighted by atomic mass is 9.91. The van der Waals surface area contributed by atoms with Crippen molar-refractivity contribution in [2.45, 2.75) is 64.7 Å². The summed E-state index contributed by atoms with van der Waals surface area (Å²) in [6.45, 7) is 10.4. The Hall–Kier alpha value is 0.310. The summed E-state index contributed by atoms with van der Waals surface area (Å²) >= 11 is 2.22. The van der Waals surface area contributed by atoms with Gasteiger partial charge in [0, 0.05) is 11.3 Å². The first-order valence-corrected chi connectivity index (χ1v) is 7.97. The molecule has 16 heavy (non-hydrogen) atoms. The maximum atomic E-state index is 3.53. The van der Waals surface area contributed by atoms with Crippen LogP contribution < -0.4 is 5.32 Å². The predicted molar refractivity (Wildman–Crippen MR) is 76.2 cm³/mol. The molecule has 0 heterocycles. The summed E-state index contributed by atoms with van der Waals surface area (Å²) < 4.78 is 0. The van der Waals surface area contributed by atoms with E-state index in [1.807, 2.05) is 0 Å². The van der Waals surface area contributed by atoms with Crippen molar-refractivity contribution < 1.29 is 0 Å². The van der Waals surface area contributed by atoms with Crippen molar-refractivity contribution in [3.05, 3.63) is 0 Å².